The highest BCUT2D eigenvalue weighted by Gasteiger charge is 2.15. The monoisotopic (exact) mass is 238 g/mol. The Labute approximate surface area is 77.8 Å². The van der Waals surface area contributed by atoms with Crippen molar-refractivity contribution in [1.82, 2.24) is 5.10 Å². The lowest BCUT2D eigenvalue weighted by atomic mass is 10.8. The molecule has 1 amide bonds. The third-order valence-electron chi connectivity index (χ3n) is 0.958. The third-order valence-corrected chi connectivity index (χ3v) is 1.72. The Morgan fingerprint density at radius 1 is 1.73 bits per heavy atom. The van der Waals surface area contributed by atoms with Gasteiger partial charge >= 0.3 is 6.03 Å². The molecule has 0 unspecified atom stereocenters. The fourth-order valence-electron chi connectivity index (χ4n) is 0.588. The Morgan fingerprint density at radius 3 is 2.45 bits per heavy atom. The summed E-state index contributed by atoms with van der Waals surface area (Å²) >= 11 is 1.23. The van der Waals surface area contributed by atoms with E-state index in [1.165, 1.54) is 11.3 Å². The van der Waals surface area contributed by atoms with Gasteiger partial charge in [0, 0.05) is 6.92 Å². The number of aromatic nitrogens is 2. The van der Waals surface area contributed by atoms with Crippen LogP contribution in [0.5, 0.6) is 0 Å². The second-order valence-electron chi connectivity index (χ2n) is 1.71. The van der Waals surface area contributed by atoms with Crippen molar-refractivity contribution in [2.24, 2.45) is 5.73 Å². The molecular weight excluding hydrogens is 232 g/mol. The molecule has 0 aliphatic heterocycles. The van der Waals surface area contributed by atoms with E-state index in [1.54, 1.807) is 6.92 Å². The number of aryl methyl sites for hydroxylation is 1. The molecule has 7 heteroatoms. The molecule has 0 aliphatic rings. The first-order valence-electron chi connectivity index (χ1n) is 2.56. The van der Waals surface area contributed by atoms with Crippen molar-refractivity contribution in [2.45, 2.75) is 6.92 Å². The van der Waals surface area contributed by atoms with Crippen molar-refractivity contribution >= 4 is 22.5 Å². The largest absolute Gasteiger partial charge is 1.00 e. The summed E-state index contributed by atoms with van der Waals surface area (Å²) in [5.41, 5.74) is 10.2. The number of hydrogen-bond acceptors (Lipinski definition) is 4. The molecule has 5 nitrogen and oxygen atoms in total. The first-order valence-corrected chi connectivity index (χ1v) is 3.38. The number of carbonyl (C=O) groups is 1. The third kappa shape index (κ3) is 2.12. The number of carbonyl (C=O) groups excluding carboxylic acids is 1. The van der Waals surface area contributed by atoms with E-state index in [-0.39, 0.29) is 17.0 Å². The fourth-order valence-corrected chi connectivity index (χ4v) is 1.23. The molecule has 11 heavy (non-hydrogen) atoms. The van der Waals surface area contributed by atoms with Crippen molar-refractivity contribution < 1.29 is 26.5 Å². The molecule has 0 aromatic carbocycles. The van der Waals surface area contributed by atoms with E-state index in [1.807, 2.05) is 0 Å². The summed E-state index contributed by atoms with van der Waals surface area (Å²) < 4.78 is 1.07. The minimum absolute atomic E-state index is 0. The lowest BCUT2D eigenvalue weighted by molar-refractivity contribution is -0.633. The molecule has 1 aromatic heterocycles. The number of hydrogen-bond donors (Lipinski definition) is 2. The van der Waals surface area contributed by atoms with E-state index >= 15 is 0 Å². The van der Waals surface area contributed by atoms with E-state index in [0.29, 0.717) is 10.1 Å². The smallest absolute Gasteiger partial charge is 0.515 e. The van der Waals surface area contributed by atoms with E-state index in [2.05, 4.69) is 5.10 Å². The second kappa shape index (κ2) is 3.63. The van der Waals surface area contributed by atoms with Crippen LogP contribution in [0.4, 0.5) is 9.93 Å². The molecule has 0 fully saturated rings. The van der Waals surface area contributed by atoms with Crippen molar-refractivity contribution in [1.29, 1.82) is 0 Å². The highest BCUT2D eigenvalue weighted by atomic mass is 79.9. The van der Waals surface area contributed by atoms with Gasteiger partial charge < -0.3 is 22.7 Å². The van der Waals surface area contributed by atoms with Crippen LogP contribution in [-0.4, -0.2) is 11.1 Å². The quantitative estimate of drug-likeness (QED) is 0.456. The van der Waals surface area contributed by atoms with Crippen LogP contribution in [0.2, 0.25) is 0 Å². The summed E-state index contributed by atoms with van der Waals surface area (Å²) in [5, 5.41) is 4.68. The van der Waals surface area contributed by atoms with E-state index in [9.17, 15) is 4.79 Å². The first-order chi connectivity index (χ1) is 4.61. The zero-order chi connectivity index (χ0) is 7.72. The topological polar surface area (TPSA) is 85.9 Å². The molecule has 0 atom stereocenters. The summed E-state index contributed by atoms with van der Waals surface area (Å²) in [6.07, 6.45) is 0. The van der Waals surface area contributed by atoms with Crippen molar-refractivity contribution in [3.8, 4) is 0 Å². The average molecular weight is 239 g/mol. The van der Waals surface area contributed by atoms with Crippen molar-refractivity contribution in [3.05, 3.63) is 5.01 Å². The van der Waals surface area contributed by atoms with Gasteiger partial charge in [-0.1, -0.05) is 16.0 Å². The van der Waals surface area contributed by atoms with Crippen LogP contribution in [-0.2, 0) is 0 Å². The predicted molar refractivity (Wildman–Crippen MR) is 36.4 cm³/mol. The fraction of sp³-hybridized carbons (Fsp3) is 0.250. The summed E-state index contributed by atoms with van der Waals surface area (Å²) in [5.74, 6) is 0. The Bertz CT molecular complexity index is 273. The number of rotatable bonds is 0. The van der Waals surface area contributed by atoms with Gasteiger partial charge in [0.15, 0.2) is 5.01 Å². The molecule has 1 heterocycles. The highest BCUT2D eigenvalue weighted by Crippen LogP contribution is 2.06. The van der Waals surface area contributed by atoms with Crippen molar-refractivity contribution in [3.63, 3.8) is 0 Å². The van der Waals surface area contributed by atoms with Crippen molar-refractivity contribution in [2.75, 3.05) is 5.73 Å². The SMILES string of the molecule is Cc1sc(N)n[n+]1C(N)=O.[Br-]. The zero-order valence-corrected chi connectivity index (χ0v) is 8.15. The molecule has 1 rings (SSSR count). The van der Waals surface area contributed by atoms with Crippen LogP contribution < -0.4 is 33.1 Å². The number of anilines is 1. The number of nitrogens with zero attached hydrogens (tertiary/aromatic N) is 2. The van der Waals surface area contributed by atoms with Crippen LogP contribution in [0.15, 0.2) is 0 Å². The average Bonchev–Trinajstić information content (AvgIpc) is 2.10. The molecule has 1 aromatic rings. The molecule has 0 saturated heterocycles. The summed E-state index contributed by atoms with van der Waals surface area (Å²) in [4.78, 5) is 10.5. The van der Waals surface area contributed by atoms with E-state index in [4.69, 9.17) is 11.5 Å². The van der Waals surface area contributed by atoms with Gasteiger partial charge in [-0.2, -0.15) is 4.79 Å². The summed E-state index contributed by atoms with van der Waals surface area (Å²) in [6, 6.07) is -0.606. The van der Waals surface area contributed by atoms with Gasteiger partial charge in [-0.15, -0.1) is 0 Å². The maximum Gasteiger partial charge on any atom is 0.515 e. The van der Waals surface area contributed by atoms with Crippen LogP contribution in [0, 0.1) is 6.92 Å². The number of nitrogen functional groups attached to an aromatic ring is 1. The highest BCUT2D eigenvalue weighted by molar-refractivity contribution is 7.14. The molecule has 4 N–H and O–H groups in total. The maximum absolute atomic E-state index is 10.5. The standard InChI is InChI=1S/C4H6N4OS.BrH/c1-2-8(4(6)9)7-3(5)10-2;/h1H3,(H3-,5,6,7,9);1H. The van der Waals surface area contributed by atoms with Crippen LogP contribution in [0.3, 0.4) is 0 Å². The minimum atomic E-state index is -0.606. The molecule has 0 radical (unpaired) electrons. The Kier molecular flexibility index (Phi) is 3.40. The molecule has 0 bridgehead atoms. The maximum atomic E-state index is 10.5. The van der Waals surface area contributed by atoms with E-state index < -0.39 is 6.03 Å². The molecule has 0 aliphatic carbocycles. The second-order valence-corrected chi connectivity index (χ2v) is 2.92. The van der Waals surface area contributed by atoms with Gasteiger partial charge in [-0.3, -0.25) is 0 Å². The molecule has 0 saturated carbocycles. The lowest BCUT2D eigenvalue weighted by Gasteiger charge is -1.80. The van der Waals surface area contributed by atoms with Crippen LogP contribution in [0.1, 0.15) is 5.01 Å². The van der Waals surface area contributed by atoms with Gasteiger partial charge in [-0.25, -0.2) is 5.73 Å². The molecule has 0 spiro atoms. The van der Waals surface area contributed by atoms with Gasteiger partial charge in [0.05, 0.1) is 0 Å². The first kappa shape index (κ1) is 10.3. The number of amides is 1. The Morgan fingerprint density at radius 2 is 2.27 bits per heavy atom. The summed E-state index contributed by atoms with van der Waals surface area (Å²) in [7, 11) is 0. The number of halogens is 1. The normalized spacial score (nSPS) is 8.82. The zero-order valence-electron chi connectivity index (χ0n) is 5.74. The van der Waals surface area contributed by atoms with Gasteiger partial charge in [0.25, 0.3) is 0 Å². The van der Waals surface area contributed by atoms with Gasteiger partial charge in [0.1, 0.15) is 0 Å². The van der Waals surface area contributed by atoms with Gasteiger partial charge in [-0.05, 0) is 5.10 Å². The number of primary amides is 1. The Balaban J connectivity index is 0.000001000. The predicted octanol–water partition coefficient (Wildman–Crippen LogP) is -3.75. The lowest BCUT2D eigenvalue weighted by Crippen LogP contribution is -3.00. The Hall–Kier alpha value is -0.690. The summed E-state index contributed by atoms with van der Waals surface area (Å²) in [6.45, 7) is 1.72. The minimum Gasteiger partial charge on any atom is -1.00 e. The van der Waals surface area contributed by atoms with Gasteiger partial charge in [0.2, 0.25) is 5.13 Å². The molecule has 62 valence electrons. The van der Waals surface area contributed by atoms with Crippen LogP contribution in [0.25, 0.3) is 0 Å². The molecular formula is C4H7BrN4OS. The van der Waals surface area contributed by atoms with E-state index in [0.717, 1.165) is 4.68 Å². The number of nitrogens with two attached hydrogens (primary N) is 2. The van der Waals surface area contributed by atoms with Crippen LogP contribution >= 0.6 is 11.3 Å².